The molecule has 0 spiro atoms. The molecule has 1 aromatic rings. The molecule has 22 heavy (non-hydrogen) atoms. The Kier molecular flexibility index (Phi) is 6.31. The minimum atomic E-state index is -0.0129. The van der Waals surface area contributed by atoms with E-state index in [2.05, 4.69) is 10.6 Å². The molecule has 1 fully saturated rings. The monoisotopic (exact) mass is 320 g/mol. The van der Waals surface area contributed by atoms with Gasteiger partial charge in [0.05, 0.1) is 0 Å². The van der Waals surface area contributed by atoms with E-state index in [1.165, 1.54) is 0 Å². The van der Waals surface area contributed by atoms with Crippen molar-refractivity contribution in [1.29, 1.82) is 0 Å². The second kappa shape index (κ2) is 8.22. The molecule has 1 saturated carbocycles. The van der Waals surface area contributed by atoms with Gasteiger partial charge in [0, 0.05) is 30.0 Å². The third-order valence-corrected chi connectivity index (χ3v) is 5.11. The van der Waals surface area contributed by atoms with E-state index >= 15 is 0 Å². The maximum atomic E-state index is 12.1. The lowest BCUT2D eigenvalue weighted by atomic mass is 9.81. The van der Waals surface area contributed by atoms with Gasteiger partial charge in [0.25, 0.3) is 5.91 Å². The van der Waals surface area contributed by atoms with Crippen molar-refractivity contribution in [3.8, 4) is 0 Å². The minimum absolute atomic E-state index is 0.0129. The first-order valence-electron chi connectivity index (χ1n) is 7.78. The molecule has 0 bridgehead atoms. The highest BCUT2D eigenvalue weighted by atomic mass is 32.2. The van der Waals surface area contributed by atoms with Crippen LogP contribution < -0.4 is 10.6 Å². The number of carbonyl (C=O) groups excluding carboxylic acids is 2. The van der Waals surface area contributed by atoms with Crippen LogP contribution in [0, 0.1) is 11.8 Å². The Morgan fingerprint density at radius 2 is 1.77 bits per heavy atom. The Morgan fingerprint density at radius 1 is 1.14 bits per heavy atom. The fourth-order valence-electron chi connectivity index (χ4n) is 2.91. The molecule has 0 radical (unpaired) electrons. The normalized spacial score (nSPS) is 21.2. The summed E-state index contributed by atoms with van der Waals surface area (Å²) >= 11 is 1.67. The van der Waals surface area contributed by atoms with Crippen molar-refractivity contribution in [2.24, 2.45) is 11.8 Å². The molecule has 2 N–H and O–H groups in total. The first kappa shape index (κ1) is 16.9. The van der Waals surface area contributed by atoms with E-state index in [4.69, 9.17) is 0 Å². The van der Waals surface area contributed by atoms with Crippen molar-refractivity contribution in [3.05, 3.63) is 29.8 Å². The van der Waals surface area contributed by atoms with Gasteiger partial charge in [-0.3, -0.25) is 9.59 Å². The van der Waals surface area contributed by atoms with Crippen LogP contribution in [-0.2, 0) is 4.79 Å². The molecule has 5 heteroatoms. The molecule has 1 aromatic carbocycles. The standard InChI is InChI=1S/C17H24N2O2S/c1-18-16(20)13-5-3-12(4-6-13)11-19-17(21)14-7-9-15(22-2)10-8-14/h7-10,12-13H,3-6,11H2,1-2H3,(H,18,20)(H,19,21). The van der Waals surface area contributed by atoms with E-state index in [9.17, 15) is 9.59 Å². The fraction of sp³-hybridized carbons (Fsp3) is 0.529. The topological polar surface area (TPSA) is 58.2 Å². The van der Waals surface area contributed by atoms with Crippen molar-refractivity contribution < 1.29 is 9.59 Å². The van der Waals surface area contributed by atoms with E-state index in [1.54, 1.807) is 18.8 Å². The third kappa shape index (κ3) is 4.50. The minimum Gasteiger partial charge on any atom is -0.359 e. The summed E-state index contributed by atoms with van der Waals surface area (Å²) in [4.78, 5) is 24.9. The van der Waals surface area contributed by atoms with Gasteiger partial charge in [-0.05, 0) is 62.1 Å². The Hall–Kier alpha value is -1.49. The zero-order valence-electron chi connectivity index (χ0n) is 13.2. The lowest BCUT2D eigenvalue weighted by Gasteiger charge is -2.27. The zero-order valence-corrected chi connectivity index (χ0v) is 14.0. The number of carbonyl (C=O) groups is 2. The molecule has 4 nitrogen and oxygen atoms in total. The van der Waals surface area contributed by atoms with Gasteiger partial charge in [-0.15, -0.1) is 11.8 Å². The number of thioether (sulfide) groups is 1. The Balaban J connectivity index is 1.76. The number of hydrogen-bond acceptors (Lipinski definition) is 3. The van der Waals surface area contributed by atoms with Crippen LogP contribution in [-0.4, -0.2) is 31.7 Å². The van der Waals surface area contributed by atoms with Crippen LogP contribution in [0.15, 0.2) is 29.2 Å². The fourth-order valence-corrected chi connectivity index (χ4v) is 3.32. The van der Waals surface area contributed by atoms with E-state index < -0.39 is 0 Å². The smallest absolute Gasteiger partial charge is 0.251 e. The number of hydrogen-bond donors (Lipinski definition) is 2. The van der Waals surface area contributed by atoms with Gasteiger partial charge in [0.2, 0.25) is 5.91 Å². The lowest BCUT2D eigenvalue weighted by Crippen LogP contribution is -2.34. The Morgan fingerprint density at radius 3 is 2.32 bits per heavy atom. The van der Waals surface area contributed by atoms with Gasteiger partial charge in [-0.1, -0.05) is 0 Å². The molecule has 2 rings (SSSR count). The molecule has 2 amide bonds. The molecule has 0 unspecified atom stereocenters. The molecule has 0 aromatic heterocycles. The average molecular weight is 320 g/mol. The van der Waals surface area contributed by atoms with Crippen LogP contribution in [0.2, 0.25) is 0 Å². The van der Waals surface area contributed by atoms with Crippen LogP contribution in [0.5, 0.6) is 0 Å². The predicted octanol–water partition coefficient (Wildman–Crippen LogP) is 2.69. The first-order valence-corrected chi connectivity index (χ1v) is 9.00. The summed E-state index contributed by atoms with van der Waals surface area (Å²) in [5, 5.41) is 5.74. The number of rotatable bonds is 5. The van der Waals surface area contributed by atoms with Gasteiger partial charge in [0.15, 0.2) is 0 Å². The molecule has 0 atom stereocenters. The van der Waals surface area contributed by atoms with Crippen LogP contribution >= 0.6 is 11.8 Å². The summed E-state index contributed by atoms with van der Waals surface area (Å²) in [7, 11) is 1.69. The second-order valence-corrected chi connectivity index (χ2v) is 6.65. The van der Waals surface area contributed by atoms with Gasteiger partial charge >= 0.3 is 0 Å². The predicted molar refractivity (Wildman–Crippen MR) is 90.1 cm³/mol. The summed E-state index contributed by atoms with van der Waals surface area (Å²) in [6, 6.07) is 7.66. The molecule has 0 heterocycles. The van der Waals surface area contributed by atoms with Crippen LogP contribution in [0.4, 0.5) is 0 Å². The lowest BCUT2D eigenvalue weighted by molar-refractivity contribution is -0.125. The van der Waals surface area contributed by atoms with Crippen LogP contribution in [0.25, 0.3) is 0 Å². The molecule has 0 saturated heterocycles. The SMILES string of the molecule is CNC(=O)C1CCC(CNC(=O)c2ccc(SC)cc2)CC1. The van der Waals surface area contributed by atoms with Crippen LogP contribution in [0.1, 0.15) is 36.0 Å². The van der Waals surface area contributed by atoms with Gasteiger partial charge in [-0.25, -0.2) is 0 Å². The third-order valence-electron chi connectivity index (χ3n) is 4.37. The maximum Gasteiger partial charge on any atom is 0.251 e. The number of benzene rings is 1. The van der Waals surface area contributed by atoms with E-state index in [0.29, 0.717) is 18.0 Å². The molecule has 1 aliphatic carbocycles. The number of amides is 2. The summed E-state index contributed by atoms with van der Waals surface area (Å²) in [5.41, 5.74) is 0.705. The van der Waals surface area contributed by atoms with Crippen molar-refractivity contribution in [2.75, 3.05) is 19.8 Å². The molecular weight excluding hydrogens is 296 g/mol. The molecule has 1 aliphatic rings. The van der Waals surface area contributed by atoms with Gasteiger partial charge in [-0.2, -0.15) is 0 Å². The van der Waals surface area contributed by atoms with Crippen LogP contribution in [0.3, 0.4) is 0 Å². The van der Waals surface area contributed by atoms with E-state index in [0.717, 1.165) is 30.6 Å². The van der Waals surface area contributed by atoms with Crippen molar-refractivity contribution in [2.45, 2.75) is 30.6 Å². The summed E-state index contributed by atoms with van der Waals surface area (Å²) in [6.45, 7) is 0.698. The quantitative estimate of drug-likeness (QED) is 0.820. The molecular formula is C17H24N2O2S. The van der Waals surface area contributed by atoms with E-state index in [1.807, 2.05) is 30.5 Å². The Bertz CT molecular complexity index is 508. The first-order chi connectivity index (χ1) is 10.6. The summed E-state index contributed by atoms with van der Waals surface area (Å²) < 4.78 is 0. The largest absolute Gasteiger partial charge is 0.359 e. The van der Waals surface area contributed by atoms with Gasteiger partial charge < -0.3 is 10.6 Å². The molecule has 120 valence electrons. The Labute approximate surface area is 136 Å². The van der Waals surface area contributed by atoms with Crippen molar-refractivity contribution in [1.82, 2.24) is 10.6 Å². The zero-order chi connectivity index (χ0) is 15.9. The second-order valence-electron chi connectivity index (χ2n) is 5.77. The highest BCUT2D eigenvalue weighted by Crippen LogP contribution is 2.28. The van der Waals surface area contributed by atoms with Gasteiger partial charge in [0.1, 0.15) is 0 Å². The van der Waals surface area contributed by atoms with E-state index in [-0.39, 0.29) is 17.7 Å². The van der Waals surface area contributed by atoms with Crippen molar-refractivity contribution >= 4 is 23.6 Å². The average Bonchev–Trinajstić information content (AvgIpc) is 2.59. The van der Waals surface area contributed by atoms with Crippen molar-refractivity contribution in [3.63, 3.8) is 0 Å². The molecule has 0 aliphatic heterocycles. The maximum absolute atomic E-state index is 12.1. The number of nitrogens with one attached hydrogen (secondary N) is 2. The highest BCUT2D eigenvalue weighted by Gasteiger charge is 2.25. The summed E-state index contributed by atoms with van der Waals surface area (Å²) in [5.74, 6) is 0.767. The summed E-state index contributed by atoms with van der Waals surface area (Å²) in [6.07, 6.45) is 5.86. The highest BCUT2D eigenvalue weighted by molar-refractivity contribution is 7.98.